The zero-order chi connectivity index (χ0) is 15.7. The number of hydrogen-bond acceptors (Lipinski definition) is 6. The molecular weight excluding hydrogens is 304 g/mol. The van der Waals surface area contributed by atoms with E-state index in [0.717, 1.165) is 0 Å². The fourth-order valence-electron chi connectivity index (χ4n) is 2.06. The highest BCUT2D eigenvalue weighted by Crippen LogP contribution is 2.34. The van der Waals surface area contributed by atoms with Crippen LogP contribution in [0.1, 0.15) is 17.5 Å². The van der Waals surface area contributed by atoms with Crippen LogP contribution in [0.4, 0.5) is 5.69 Å². The number of aromatic hydroxyl groups is 1. The van der Waals surface area contributed by atoms with E-state index in [1.54, 1.807) is 30.3 Å². The molecule has 0 bridgehead atoms. The fraction of sp³-hybridized carbons (Fsp3) is 0.0667. The van der Waals surface area contributed by atoms with E-state index < -0.39 is 6.04 Å². The number of para-hydroxylation sites is 1. The predicted octanol–water partition coefficient (Wildman–Crippen LogP) is 2.73. The molecule has 0 radical (unpaired) electrons. The number of nitrogens with two attached hydrogens (primary N) is 2. The van der Waals surface area contributed by atoms with Gasteiger partial charge in [-0.05, 0) is 23.8 Å². The first kappa shape index (κ1) is 14.4. The second kappa shape index (κ2) is 5.67. The van der Waals surface area contributed by atoms with Crippen LogP contribution in [0, 0.1) is 0 Å². The van der Waals surface area contributed by atoms with Crippen LogP contribution in [-0.2, 0) is 0 Å². The maximum absolute atomic E-state index is 9.95. The SMILES string of the molecule is Nc1cccc(-c2nnc([C@@H](N)c3ccccc3Cl)o2)c1O. The molecule has 0 aliphatic rings. The van der Waals surface area contributed by atoms with Gasteiger partial charge in [0.25, 0.3) is 5.89 Å². The molecule has 7 heteroatoms. The van der Waals surface area contributed by atoms with Gasteiger partial charge in [0.2, 0.25) is 5.89 Å². The van der Waals surface area contributed by atoms with Gasteiger partial charge in [0.1, 0.15) is 6.04 Å². The number of anilines is 1. The molecule has 1 atom stereocenters. The maximum atomic E-state index is 9.95. The molecule has 0 saturated heterocycles. The Morgan fingerprint density at radius 3 is 2.64 bits per heavy atom. The third-order valence-corrected chi connectivity index (χ3v) is 3.59. The zero-order valence-corrected chi connectivity index (χ0v) is 12.2. The molecule has 0 aliphatic carbocycles. The van der Waals surface area contributed by atoms with Gasteiger partial charge in [0, 0.05) is 5.02 Å². The lowest BCUT2D eigenvalue weighted by atomic mass is 10.1. The summed E-state index contributed by atoms with van der Waals surface area (Å²) in [5.41, 5.74) is 13.0. The van der Waals surface area contributed by atoms with E-state index in [0.29, 0.717) is 16.1 Å². The Morgan fingerprint density at radius 1 is 1.09 bits per heavy atom. The Kier molecular flexibility index (Phi) is 3.70. The summed E-state index contributed by atoms with van der Waals surface area (Å²) in [6.45, 7) is 0. The summed E-state index contributed by atoms with van der Waals surface area (Å²) in [6, 6.07) is 11.4. The lowest BCUT2D eigenvalue weighted by Crippen LogP contribution is -2.12. The summed E-state index contributed by atoms with van der Waals surface area (Å²) in [5.74, 6) is 0.233. The van der Waals surface area contributed by atoms with E-state index in [4.69, 9.17) is 27.5 Å². The minimum absolute atomic E-state index is 0.107. The van der Waals surface area contributed by atoms with Crippen LogP contribution in [0.2, 0.25) is 5.02 Å². The first-order chi connectivity index (χ1) is 10.6. The van der Waals surface area contributed by atoms with Gasteiger partial charge in [-0.2, -0.15) is 0 Å². The van der Waals surface area contributed by atoms with Crippen LogP contribution in [0.3, 0.4) is 0 Å². The Bertz CT molecular complexity index is 819. The number of phenolic OH excluding ortho intramolecular Hbond substituents is 1. The minimum atomic E-state index is -0.654. The van der Waals surface area contributed by atoms with Gasteiger partial charge in [0.15, 0.2) is 5.75 Å². The number of halogens is 1. The van der Waals surface area contributed by atoms with Crippen LogP contribution in [0.15, 0.2) is 46.9 Å². The highest BCUT2D eigenvalue weighted by Gasteiger charge is 2.20. The molecule has 3 aromatic rings. The van der Waals surface area contributed by atoms with Crippen molar-refractivity contribution in [2.24, 2.45) is 5.73 Å². The number of nitrogens with zero attached hydrogens (tertiary/aromatic N) is 2. The second-order valence-corrected chi connectivity index (χ2v) is 5.10. The van der Waals surface area contributed by atoms with Gasteiger partial charge in [-0.3, -0.25) is 0 Å². The molecule has 0 unspecified atom stereocenters. The monoisotopic (exact) mass is 316 g/mol. The van der Waals surface area contributed by atoms with Crippen molar-refractivity contribution in [1.82, 2.24) is 10.2 Å². The number of aromatic nitrogens is 2. The van der Waals surface area contributed by atoms with Crippen LogP contribution < -0.4 is 11.5 Å². The summed E-state index contributed by atoms with van der Waals surface area (Å²) >= 11 is 6.11. The van der Waals surface area contributed by atoms with Gasteiger partial charge >= 0.3 is 0 Å². The van der Waals surface area contributed by atoms with Crippen molar-refractivity contribution in [3.8, 4) is 17.2 Å². The zero-order valence-electron chi connectivity index (χ0n) is 11.4. The van der Waals surface area contributed by atoms with E-state index in [2.05, 4.69) is 10.2 Å². The Morgan fingerprint density at radius 2 is 1.86 bits per heavy atom. The second-order valence-electron chi connectivity index (χ2n) is 4.69. The Balaban J connectivity index is 1.97. The van der Waals surface area contributed by atoms with Crippen LogP contribution >= 0.6 is 11.6 Å². The van der Waals surface area contributed by atoms with Gasteiger partial charge < -0.3 is 21.0 Å². The highest BCUT2D eigenvalue weighted by molar-refractivity contribution is 6.31. The maximum Gasteiger partial charge on any atom is 0.251 e. The van der Waals surface area contributed by atoms with E-state index in [1.165, 1.54) is 0 Å². The number of benzene rings is 2. The van der Waals surface area contributed by atoms with Crippen molar-refractivity contribution in [2.45, 2.75) is 6.04 Å². The summed E-state index contributed by atoms with van der Waals surface area (Å²) in [6.07, 6.45) is 0. The summed E-state index contributed by atoms with van der Waals surface area (Å²) in [4.78, 5) is 0. The third kappa shape index (κ3) is 2.49. The van der Waals surface area contributed by atoms with Crippen molar-refractivity contribution in [3.63, 3.8) is 0 Å². The molecule has 0 amide bonds. The quantitative estimate of drug-likeness (QED) is 0.506. The molecule has 0 saturated carbocycles. The lowest BCUT2D eigenvalue weighted by Gasteiger charge is -2.09. The number of rotatable bonds is 3. The van der Waals surface area contributed by atoms with Crippen LogP contribution in [0.25, 0.3) is 11.5 Å². The standard InChI is InChI=1S/C15H13ClN4O2/c16-10-6-2-1-4-8(10)12(18)15-20-19-14(22-15)9-5-3-7-11(17)13(9)21/h1-7,12,21H,17-18H2/t12-/m0/s1. The third-order valence-electron chi connectivity index (χ3n) is 3.24. The van der Waals surface area contributed by atoms with Gasteiger partial charge in [-0.15, -0.1) is 10.2 Å². The molecule has 5 N–H and O–H groups in total. The Hall–Kier alpha value is -2.57. The number of hydrogen-bond donors (Lipinski definition) is 3. The average Bonchev–Trinajstić information content (AvgIpc) is 2.99. The molecular formula is C15H13ClN4O2. The van der Waals surface area contributed by atoms with Crippen molar-refractivity contribution >= 4 is 17.3 Å². The molecule has 2 aromatic carbocycles. The highest BCUT2D eigenvalue weighted by atomic mass is 35.5. The number of phenols is 1. The normalized spacial score (nSPS) is 12.3. The molecule has 0 fully saturated rings. The van der Waals surface area contributed by atoms with Crippen molar-refractivity contribution < 1.29 is 9.52 Å². The van der Waals surface area contributed by atoms with E-state index >= 15 is 0 Å². The summed E-state index contributed by atoms with van der Waals surface area (Å²) in [7, 11) is 0. The topological polar surface area (TPSA) is 111 Å². The smallest absolute Gasteiger partial charge is 0.251 e. The minimum Gasteiger partial charge on any atom is -0.505 e. The molecule has 22 heavy (non-hydrogen) atoms. The average molecular weight is 317 g/mol. The molecule has 3 rings (SSSR count). The van der Waals surface area contributed by atoms with Crippen molar-refractivity contribution in [1.29, 1.82) is 0 Å². The molecule has 0 aliphatic heterocycles. The van der Waals surface area contributed by atoms with E-state index in [-0.39, 0.29) is 23.2 Å². The molecule has 0 spiro atoms. The van der Waals surface area contributed by atoms with E-state index in [1.807, 2.05) is 12.1 Å². The lowest BCUT2D eigenvalue weighted by molar-refractivity contribution is 0.464. The number of nitrogen functional groups attached to an aromatic ring is 1. The largest absolute Gasteiger partial charge is 0.505 e. The summed E-state index contributed by atoms with van der Waals surface area (Å²) < 4.78 is 5.56. The van der Waals surface area contributed by atoms with Crippen molar-refractivity contribution in [2.75, 3.05) is 5.73 Å². The predicted molar refractivity (Wildman–Crippen MR) is 83.3 cm³/mol. The first-order valence-corrected chi connectivity index (χ1v) is 6.87. The molecule has 1 heterocycles. The summed E-state index contributed by atoms with van der Waals surface area (Å²) in [5, 5.41) is 18.3. The van der Waals surface area contributed by atoms with E-state index in [9.17, 15) is 5.11 Å². The van der Waals surface area contributed by atoms with Gasteiger partial charge in [-0.25, -0.2) is 0 Å². The Labute approximate surface area is 131 Å². The van der Waals surface area contributed by atoms with Crippen molar-refractivity contribution in [3.05, 3.63) is 58.9 Å². The molecule has 112 valence electrons. The molecule has 6 nitrogen and oxygen atoms in total. The van der Waals surface area contributed by atoms with Crippen LogP contribution in [-0.4, -0.2) is 15.3 Å². The van der Waals surface area contributed by atoms with Crippen LogP contribution in [0.5, 0.6) is 5.75 Å². The molecule has 1 aromatic heterocycles. The first-order valence-electron chi connectivity index (χ1n) is 6.49. The fourth-order valence-corrected chi connectivity index (χ4v) is 2.32. The van der Waals surface area contributed by atoms with Gasteiger partial charge in [-0.1, -0.05) is 35.9 Å². The van der Waals surface area contributed by atoms with Gasteiger partial charge in [0.05, 0.1) is 11.3 Å².